The topological polar surface area (TPSA) is 104 Å². The van der Waals surface area contributed by atoms with Gasteiger partial charge in [-0.15, -0.1) is 11.8 Å². The number of nitrogens with one attached hydrogen (secondary N) is 3. The first-order valence-electron chi connectivity index (χ1n) is 18.3. The number of amides is 1. The number of ether oxygens (including phenoxy) is 2. The minimum atomic E-state index is -1.77. The minimum absolute atomic E-state index is 0.406. The molecule has 1 saturated heterocycles. The molecular formula is C42H49N5O5S2. The molecule has 0 aromatic heterocycles. The van der Waals surface area contributed by atoms with Crippen molar-refractivity contribution in [2.45, 2.75) is 36.1 Å². The lowest BCUT2D eigenvalue weighted by Crippen LogP contribution is -2.46. The third-order valence-corrected chi connectivity index (χ3v) is 11.4. The van der Waals surface area contributed by atoms with E-state index >= 15 is 0 Å². The summed E-state index contributed by atoms with van der Waals surface area (Å²) >= 11 is 1.76. The van der Waals surface area contributed by atoms with Crippen molar-refractivity contribution in [3.8, 4) is 5.75 Å². The highest BCUT2D eigenvalue weighted by molar-refractivity contribution is 7.99. The standard InChI is InChI=1S/C42H49N5O5S2/c1-4-52-36-10-8-9-32(27-36)33-13-14-34(41(28-33)50-2)30-46-22-24-47(25-23-46)35-17-15-31(16-18-35)42(48)45-54(49)38-19-20-39(40(29-38)44-51-3)43-21-26-53-37-11-6-5-7-12-37/h5-7,9,11-20,27-29,43-44H,4,8,10,21-26,30H2,1-3H3,(H,45,48). The van der Waals surface area contributed by atoms with Crippen molar-refractivity contribution in [2.24, 2.45) is 0 Å². The van der Waals surface area contributed by atoms with E-state index in [9.17, 15) is 9.00 Å². The molecule has 1 heterocycles. The van der Waals surface area contributed by atoms with E-state index < -0.39 is 16.9 Å². The van der Waals surface area contributed by atoms with Crippen LogP contribution in [0.1, 0.15) is 41.3 Å². The number of benzene rings is 4. The smallest absolute Gasteiger partial charge is 0.263 e. The quantitative estimate of drug-likeness (QED) is 0.0562. The first-order chi connectivity index (χ1) is 26.4. The molecule has 1 aliphatic heterocycles. The summed E-state index contributed by atoms with van der Waals surface area (Å²) in [6.07, 6.45) is 6.33. The molecule has 1 unspecified atom stereocenters. The predicted molar refractivity (Wildman–Crippen MR) is 220 cm³/mol. The van der Waals surface area contributed by atoms with Crippen LogP contribution in [0, 0.1) is 0 Å². The van der Waals surface area contributed by atoms with Crippen molar-refractivity contribution < 1.29 is 23.3 Å². The normalized spacial score (nSPS) is 15.1. The molecule has 6 rings (SSSR count). The molecule has 1 fully saturated rings. The molecule has 10 nitrogen and oxygen atoms in total. The van der Waals surface area contributed by atoms with E-state index in [1.807, 2.05) is 43.3 Å². The fourth-order valence-corrected chi connectivity index (χ4v) is 8.13. The average Bonchev–Trinajstić information content (AvgIpc) is 3.21. The molecule has 4 aromatic rings. The van der Waals surface area contributed by atoms with Gasteiger partial charge in [-0.25, -0.2) is 4.21 Å². The van der Waals surface area contributed by atoms with Crippen molar-refractivity contribution in [2.75, 3.05) is 75.0 Å². The number of rotatable bonds is 17. The van der Waals surface area contributed by atoms with Gasteiger partial charge in [0.1, 0.15) is 5.75 Å². The Labute approximate surface area is 325 Å². The summed E-state index contributed by atoms with van der Waals surface area (Å²) in [6.45, 7) is 7.76. The summed E-state index contributed by atoms with van der Waals surface area (Å²) in [6, 6.07) is 29.5. The molecule has 0 bridgehead atoms. The summed E-state index contributed by atoms with van der Waals surface area (Å²) in [5.74, 6) is 2.40. The SMILES string of the molecule is CCOC1=CC(c2ccc(CN3CCN(c4ccc(C(=O)NS(=O)c5ccc(NCCSc6ccccc6)c(NOC)c5)cc4)CC3)c(OC)c2)=CCC1. The number of allylic oxidation sites excluding steroid dienone is 4. The average molecular weight is 768 g/mol. The first kappa shape index (κ1) is 39.0. The number of carbonyl (C=O) groups excluding carboxylic acids is 1. The Morgan fingerprint density at radius 1 is 0.907 bits per heavy atom. The highest BCUT2D eigenvalue weighted by atomic mass is 32.2. The van der Waals surface area contributed by atoms with Crippen LogP contribution in [-0.4, -0.2) is 74.3 Å². The van der Waals surface area contributed by atoms with Gasteiger partial charge in [0.15, 0.2) is 11.0 Å². The molecule has 54 heavy (non-hydrogen) atoms. The maximum Gasteiger partial charge on any atom is 0.263 e. The van der Waals surface area contributed by atoms with Gasteiger partial charge in [-0.05, 0) is 91.2 Å². The molecular weight excluding hydrogens is 719 g/mol. The molecule has 1 atom stereocenters. The Hall–Kier alpha value is -4.75. The summed E-state index contributed by atoms with van der Waals surface area (Å²) < 4.78 is 27.5. The van der Waals surface area contributed by atoms with Gasteiger partial charge in [-0.1, -0.05) is 36.4 Å². The molecule has 284 valence electrons. The van der Waals surface area contributed by atoms with Crippen LogP contribution in [0.4, 0.5) is 17.1 Å². The van der Waals surface area contributed by atoms with Crippen LogP contribution in [0.5, 0.6) is 5.75 Å². The Kier molecular flexibility index (Phi) is 14.1. The second-order valence-corrected chi connectivity index (χ2v) is 15.3. The van der Waals surface area contributed by atoms with Gasteiger partial charge in [0.25, 0.3) is 5.91 Å². The van der Waals surface area contributed by atoms with Gasteiger partial charge >= 0.3 is 0 Å². The molecule has 0 saturated carbocycles. The van der Waals surface area contributed by atoms with Gasteiger partial charge in [0, 0.05) is 73.2 Å². The fraction of sp³-hybridized carbons (Fsp3) is 0.310. The Balaban J connectivity index is 0.983. The summed E-state index contributed by atoms with van der Waals surface area (Å²) in [5.41, 5.74) is 9.27. The number of methoxy groups -OCH3 is 1. The molecule has 12 heteroatoms. The lowest BCUT2D eigenvalue weighted by Gasteiger charge is -2.36. The van der Waals surface area contributed by atoms with Gasteiger partial charge in [0.05, 0.1) is 42.9 Å². The van der Waals surface area contributed by atoms with Gasteiger partial charge < -0.3 is 19.7 Å². The number of anilines is 3. The van der Waals surface area contributed by atoms with E-state index in [2.05, 4.69) is 67.8 Å². The zero-order chi connectivity index (χ0) is 37.7. The third-order valence-electron chi connectivity index (χ3n) is 9.31. The van der Waals surface area contributed by atoms with E-state index in [1.54, 1.807) is 43.1 Å². The summed E-state index contributed by atoms with van der Waals surface area (Å²) in [4.78, 5) is 24.7. The zero-order valence-electron chi connectivity index (χ0n) is 31.1. The van der Waals surface area contributed by atoms with Crippen molar-refractivity contribution >= 4 is 51.3 Å². The Morgan fingerprint density at radius 3 is 2.44 bits per heavy atom. The van der Waals surface area contributed by atoms with Crippen LogP contribution in [0.2, 0.25) is 0 Å². The van der Waals surface area contributed by atoms with Crippen LogP contribution in [0.25, 0.3) is 5.57 Å². The van der Waals surface area contributed by atoms with Crippen molar-refractivity contribution in [3.05, 3.63) is 126 Å². The molecule has 1 amide bonds. The first-order valence-corrected chi connectivity index (χ1v) is 20.4. The number of piperazine rings is 1. The summed E-state index contributed by atoms with van der Waals surface area (Å²) in [5, 5.41) is 3.40. The molecule has 0 radical (unpaired) electrons. The number of carbonyl (C=O) groups is 1. The Morgan fingerprint density at radius 2 is 1.70 bits per heavy atom. The third kappa shape index (κ3) is 10.5. The van der Waals surface area contributed by atoms with Crippen molar-refractivity contribution in [1.29, 1.82) is 0 Å². The van der Waals surface area contributed by atoms with E-state index in [0.717, 1.165) is 86.3 Å². The van der Waals surface area contributed by atoms with E-state index in [0.29, 0.717) is 22.8 Å². The van der Waals surface area contributed by atoms with Gasteiger partial charge in [-0.2, -0.15) is 0 Å². The molecule has 2 aliphatic rings. The second kappa shape index (κ2) is 19.5. The van der Waals surface area contributed by atoms with Crippen LogP contribution >= 0.6 is 11.8 Å². The highest BCUT2D eigenvalue weighted by Gasteiger charge is 2.20. The highest BCUT2D eigenvalue weighted by Crippen LogP contribution is 2.31. The number of hydrogen-bond donors (Lipinski definition) is 3. The number of thioether (sulfide) groups is 1. The number of hydrogen-bond acceptors (Lipinski definition) is 10. The van der Waals surface area contributed by atoms with Crippen molar-refractivity contribution in [3.63, 3.8) is 0 Å². The molecule has 1 aliphatic carbocycles. The lowest BCUT2D eigenvalue weighted by molar-refractivity contribution is 0.0983. The largest absolute Gasteiger partial charge is 0.498 e. The lowest BCUT2D eigenvalue weighted by atomic mass is 9.97. The monoisotopic (exact) mass is 767 g/mol. The van der Waals surface area contributed by atoms with Gasteiger partial charge in [0.2, 0.25) is 0 Å². The summed E-state index contributed by atoms with van der Waals surface area (Å²) in [7, 11) is 1.49. The second-order valence-electron chi connectivity index (χ2n) is 12.9. The van der Waals surface area contributed by atoms with Crippen molar-refractivity contribution in [1.82, 2.24) is 9.62 Å². The molecule has 3 N–H and O–H groups in total. The van der Waals surface area contributed by atoms with Crippen LogP contribution in [0.15, 0.2) is 119 Å². The van der Waals surface area contributed by atoms with E-state index in [1.165, 1.54) is 23.1 Å². The maximum absolute atomic E-state index is 13.2. The van der Waals surface area contributed by atoms with Crippen LogP contribution in [0.3, 0.4) is 0 Å². The van der Waals surface area contributed by atoms with E-state index in [-0.39, 0.29) is 0 Å². The molecule has 0 spiro atoms. The van der Waals surface area contributed by atoms with Crippen LogP contribution in [-0.2, 0) is 27.1 Å². The fourth-order valence-electron chi connectivity index (χ4n) is 6.52. The van der Waals surface area contributed by atoms with Crippen LogP contribution < -0.4 is 25.2 Å². The predicted octanol–water partition coefficient (Wildman–Crippen LogP) is 7.75. The Bertz CT molecular complexity index is 1950. The minimum Gasteiger partial charge on any atom is -0.498 e. The number of nitrogens with zero attached hydrogens (tertiary/aromatic N) is 2. The maximum atomic E-state index is 13.2. The van der Waals surface area contributed by atoms with Gasteiger partial charge in [-0.3, -0.25) is 24.7 Å². The molecule has 4 aromatic carbocycles. The van der Waals surface area contributed by atoms with E-state index in [4.69, 9.17) is 14.3 Å². The zero-order valence-corrected chi connectivity index (χ0v) is 32.8.